The number of amides is 1. The number of piperazine rings is 1. The van der Waals surface area contributed by atoms with Crippen LogP contribution in [0.3, 0.4) is 0 Å². The second-order valence-electron chi connectivity index (χ2n) is 13.3. The zero-order valence-electron chi connectivity index (χ0n) is 27.3. The van der Waals surface area contributed by atoms with Crippen LogP contribution in [-0.4, -0.2) is 100 Å². The van der Waals surface area contributed by atoms with Crippen molar-refractivity contribution in [2.45, 2.75) is 49.7 Å². The number of rotatable bonds is 8. The molecule has 49 heavy (non-hydrogen) atoms. The molecule has 3 atom stereocenters. The van der Waals surface area contributed by atoms with Crippen LogP contribution in [0.4, 0.5) is 15.0 Å². The predicted octanol–water partition coefficient (Wildman–Crippen LogP) is 5.45. The number of pyridine rings is 1. The SMILES string of the molecule is C#Cc1cccc2cc(OCOC)cc(-c3ncc4c(N5C[C@H]6CC[C@@H](C5)N6C(=O)O)nc(OCC56CCCN5CCC6=C)nc4c3F)c12. The number of methoxy groups -OCH3 is 1. The van der Waals surface area contributed by atoms with Crippen LogP contribution in [-0.2, 0) is 4.74 Å². The molecule has 1 unspecified atom stereocenters. The normalized spacial score (nSPS) is 23.3. The maximum Gasteiger partial charge on any atom is 0.407 e. The van der Waals surface area contributed by atoms with Crippen molar-refractivity contribution in [3.8, 4) is 35.4 Å². The van der Waals surface area contributed by atoms with E-state index in [0.717, 1.165) is 56.2 Å². The van der Waals surface area contributed by atoms with Gasteiger partial charge in [0, 0.05) is 49.5 Å². The molecule has 12 heteroatoms. The topological polar surface area (TPSA) is 113 Å². The van der Waals surface area contributed by atoms with Crippen molar-refractivity contribution in [2.75, 3.05) is 51.6 Å². The van der Waals surface area contributed by atoms with Gasteiger partial charge in [-0.1, -0.05) is 30.2 Å². The lowest BCUT2D eigenvalue weighted by atomic mass is 9.91. The van der Waals surface area contributed by atoms with Gasteiger partial charge in [-0.25, -0.2) is 9.18 Å². The number of carboxylic acid groups (broad SMARTS) is 1. The van der Waals surface area contributed by atoms with Crippen molar-refractivity contribution in [1.29, 1.82) is 0 Å². The lowest BCUT2D eigenvalue weighted by Crippen LogP contribution is -2.55. The molecule has 4 aliphatic rings. The average molecular weight is 665 g/mol. The minimum atomic E-state index is -0.923. The zero-order chi connectivity index (χ0) is 33.9. The van der Waals surface area contributed by atoms with Gasteiger partial charge in [-0.2, -0.15) is 9.97 Å². The summed E-state index contributed by atoms with van der Waals surface area (Å²) < 4.78 is 34.4. The number of benzene rings is 2. The summed E-state index contributed by atoms with van der Waals surface area (Å²) in [7, 11) is 1.53. The fourth-order valence-corrected chi connectivity index (χ4v) is 8.43. The highest BCUT2D eigenvalue weighted by Gasteiger charge is 2.48. The summed E-state index contributed by atoms with van der Waals surface area (Å²) >= 11 is 0. The number of fused-ring (bicyclic) bond motifs is 5. The molecule has 6 heterocycles. The molecule has 0 spiro atoms. The molecule has 2 aromatic heterocycles. The van der Waals surface area contributed by atoms with Crippen molar-refractivity contribution in [3.05, 3.63) is 60.1 Å². The first-order valence-electron chi connectivity index (χ1n) is 16.7. The molecule has 4 aliphatic heterocycles. The molecule has 2 bridgehead atoms. The van der Waals surface area contributed by atoms with Crippen molar-refractivity contribution >= 4 is 33.6 Å². The molecule has 4 saturated heterocycles. The van der Waals surface area contributed by atoms with Crippen molar-refractivity contribution in [1.82, 2.24) is 24.8 Å². The fraction of sp³-hybridized carbons (Fsp3) is 0.405. The molecule has 1 amide bonds. The van der Waals surface area contributed by atoms with E-state index in [9.17, 15) is 9.90 Å². The molecule has 0 radical (unpaired) electrons. The zero-order valence-corrected chi connectivity index (χ0v) is 27.3. The monoisotopic (exact) mass is 664 g/mol. The quantitative estimate of drug-likeness (QED) is 0.148. The molecular weight excluding hydrogens is 627 g/mol. The number of anilines is 1. The molecule has 1 N–H and O–H groups in total. The summed E-state index contributed by atoms with van der Waals surface area (Å²) in [6.45, 7) is 7.44. The minimum Gasteiger partial charge on any atom is -0.468 e. The van der Waals surface area contributed by atoms with Crippen LogP contribution in [0.5, 0.6) is 11.8 Å². The van der Waals surface area contributed by atoms with Crippen LogP contribution in [0.1, 0.15) is 37.7 Å². The number of terminal acetylenes is 1. The molecule has 4 fully saturated rings. The van der Waals surface area contributed by atoms with Gasteiger partial charge < -0.3 is 24.2 Å². The van der Waals surface area contributed by atoms with E-state index in [1.807, 2.05) is 23.1 Å². The smallest absolute Gasteiger partial charge is 0.407 e. The number of carbonyl (C=O) groups is 1. The van der Waals surface area contributed by atoms with Gasteiger partial charge in [0.15, 0.2) is 12.6 Å². The number of aromatic nitrogens is 3. The highest BCUT2D eigenvalue weighted by atomic mass is 19.1. The number of nitrogens with zero attached hydrogens (tertiary/aromatic N) is 6. The van der Waals surface area contributed by atoms with Gasteiger partial charge in [-0.05, 0) is 62.2 Å². The third-order valence-corrected chi connectivity index (χ3v) is 10.8. The Hall–Kier alpha value is -4.99. The van der Waals surface area contributed by atoms with E-state index in [-0.39, 0.29) is 41.6 Å². The van der Waals surface area contributed by atoms with Crippen LogP contribution in [0.25, 0.3) is 32.9 Å². The molecule has 2 aromatic carbocycles. The Kier molecular flexibility index (Phi) is 7.76. The summed E-state index contributed by atoms with van der Waals surface area (Å²) in [5, 5.41) is 11.7. The van der Waals surface area contributed by atoms with E-state index in [0.29, 0.717) is 53.2 Å². The first kappa shape index (κ1) is 31.3. The Bertz CT molecular complexity index is 2040. The van der Waals surface area contributed by atoms with E-state index < -0.39 is 11.9 Å². The molecule has 11 nitrogen and oxygen atoms in total. The van der Waals surface area contributed by atoms with Gasteiger partial charge in [-0.3, -0.25) is 14.8 Å². The lowest BCUT2D eigenvalue weighted by Gasteiger charge is -2.40. The van der Waals surface area contributed by atoms with Crippen molar-refractivity contribution in [2.24, 2.45) is 0 Å². The van der Waals surface area contributed by atoms with Crippen molar-refractivity contribution in [3.63, 3.8) is 0 Å². The van der Waals surface area contributed by atoms with Gasteiger partial charge in [0.05, 0.1) is 23.0 Å². The first-order chi connectivity index (χ1) is 23.8. The predicted molar refractivity (Wildman–Crippen MR) is 182 cm³/mol. The summed E-state index contributed by atoms with van der Waals surface area (Å²) in [6, 6.07) is 8.74. The molecule has 0 saturated carbocycles. The standard InChI is InChI=1S/C37H37FN6O5/c1-4-23-7-5-8-24-15-27(49-21-47-3)16-28(30(23)24)32-31(38)33-29(17-39-32)34(42-18-25-9-10-26(19-42)44(25)36(45)46)41-35(40-33)48-20-37-12-6-13-43(37)14-11-22(37)2/h1,5,7-8,15-17,25-26H,2,6,9-14,18-21H2,3H3,(H,45,46)/t25-,26+,37?. The summed E-state index contributed by atoms with van der Waals surface area (Å²) in [6.07, 6.45) is 11.0. The first-order valence-corrected chi connectivity index (χ1v) is 16.7. The number of ether oxygens (including phenoxy) is 3. The van der Waals surface area contributed by atoms with E-state index in [1.165, 1.54) is 7.11 Å². The summed E-state index contributed by atoms with van der Waals surface area (Å²) in [4.78, 5) is 32.3. The number of halogens is 1. The Labute approximate surface area is 283 Å². The third kappa shape index (κ3) is 5.11. The summed E-state index contributed by atoms with van der Waals surface area (Å²) in [5.74, 6) is 3.01. The van der Waals surface area contributed by atoms with E-state index in [2.05, 4.69) is 27.4 Å². The Morgan fingerprint density at radius 1 is 1.18 bits per heavy atom. The second-order valence-corrected chi connectivity index (χ2v) is 13.3. The van der Waals surface area contributed by atoms with Gasteiger partial charge in [-0.15, -0.1) is 6.42 Å². The van der Waals surface area contributed by atoms with E-state index in [4.69, 9.17) is 25.6 Å². The van der Waals surface area contributed by atoms with Crippen molar-refractivity contribution < 1.29 is 28.5 Å². The maximum atomic E-state index is 17.1. The largest absolute Gasteiger partial charge is 0.468 e. The maximum absolute atomic E-state index is 17.1. The molecule has 8 rings (SSSR count). The van der Waals surface area contributed by atoms with Crippen LogP contribution >= 0.6 is 0 Å². The number of hydrogen-bond acceptors (Lipinski definition) is 9. The van der Waals surface area contributed by atoms with Gasteiger partial charge >= 0.3 is 12.1 Å². The van der Waals surface area contributed by atoms with Crippen LogP contribution in [0.2, 0.25) is 0 Å². The van der Waals surface area contributed by atoms with Gasteiger partial charge in [0.25, 0.3) is 0 Å². The van der Waals surface area contributed by atoms with Gasteiger partial charge in [0.2, 0.25) is 0 Å². The van der Waals surface area contributed by atoms with E-state index >= 15 is 4.39 Å². The van der Waals surface area contributed by atoms with Crippen LogP contribution in [0, 0.1) is 18.2 Å². The lowest BCUT2D eigenvalue weighted by molar-refractivity contribution is 0.0512. The average Bonchev–Trinajstić information content (AvgIpc) is 3.75. The second kappa shape index (κ2) is 12.2. The summed E-state index contributed by atoms with van der Waals surface area (Å²) in [5.41, 5.74) is 1.99. The highest BCUT2D eigenvalue weighted by molar-refractivity contribution is 6.03. The Morgan fingerprint density at radius 3 is 2.76 bits per heavy atom. The Balaban J connectivity index is 1.27. The molecule has 4 aromatic rings. The molecule has 0 aliphatic carbocycles. The minimum absolute atomic E-state index is 0.00711. The van der Waals surface area contributed by atoms with Crippen LogP contribution < -0.4 is 14.4 Å². The molecule has 252 valence electrons. The number of hydrogen-bond donors (Lipinski definition) is 1. The molecular formula is C37H37FN6O5. The van der Waals surface area contributed by atoms with E-state index in [1.54, 1.807) is 23.2 Å². The van der Waals surface area contributed by atoms with Crippen LogP contribution in [0.15, 0.2) is 48.7 Å². The third-order valence-electron chi connectivity index (χ3n) is 10.8. The fourth-order valence-electron chi connectivity index (χ4n) is 8.43. The highest BCUT2D eigenvalue weighted by Crippen LogP contribution is 2.43. The Morgan fingerprint density at radius 2 is 2.00 bits per heavy atom. The van der Waals surface area contributed by atoms with Gasteiger partial charge in [0.1, 0.15) is 29.4 Å².